The molecule has 20 heavy (non-hydrogen) atoms. The van der Waals surface area contributed by atoms with Gasteiger partial charge in [0, 0.05) is 19.3 Å². The molecule has 2 aromatic rings. The predicted molar refractivity (Wildman–Crippen MR) is 76.1 cm³/mol. The molecule has 0 saturated carbocycles. The van der Waals surface area contributed by atoms with Gasteiger partial charge in [0.05, 0.1) is 5.56 Å². The van der Waals surface area contributed by atoms with E-state index in [0.29, 0.717) is 23.8 Å². The fourth-order valence-electron chi connectivity index (χ4n) is 1.87. The van der Waals surface area contributed by atoms with Crippen molar-refractivity contribution in [3.8, 4) is 0 Å². The Labute approximate surface area is 122 Å². The molecule has 0 atom stereocenters. The number of amides is 1. The molecule has 1 heterocycles. The van der Waals surface area contributed by atoms with E-state index in [1.807, 2.05) is 6.92 Å². The van der Waals surface area contributed by atoms with E-state index >= 15 is 0 Å². The first-order valence-electron chi connectivity index (χ1n) is 6.25. The molecule has 1 aromatic carbocycles. The van der Waals surface area contributed by atoms with Crippen molar-refractivity contribution in [1.29, 1.82) is 0 Å². The normalized spacial score (nSPS) is 10.3. The van der Waals surface area contributed by atoms with Crippen LogP contribution in [0.25, 0.3) is 0 Å². The Balaban J connectivity index is 2.15. The molecule has 1 aromatic heterocycles. The summed E-state index contributed by atoms with van der Waals surface area (Å²) in [5, 5.41) is 0.342. The van der Waals surface area contributed by atoms with Crippen LogP contribution in [0.5, 0.6) is 0 Å². The minimum Gasteiger partial charge on any atom is -0.335 e. The highest BCUT2D eigenvalue weighted by atomic mass is 35.5. The van der Waals surface area contributed by atoms with E-state index in [0.717, 1.165) is 5.56 Å². The van der Waals surface area contributed by atoms with E-state index in [-0.39, 0.29) is 11.7 Å². The Morgan fingerprint density at radius 3 is 2.75 bits per heavy atom. The highest BCUT2D eigenvalue weighted by molar-refractivity contribution is 6.29. The van der Waals surface area contributed by atoms with Crippen molar-refractivity contribution in [3.63, 3.8) is 0 Å². The number of carbonyl (C=O) groups is 1. The van der Waals surface area contributed by atoms with Crippen LogP contribution in [0.4, 0.5) is 4.39 Å². The third-order valence-electron chi connectivity index (χ3n) is 2.91. The van der Waals surface area contributed by atoms with E-state index in [1.165, 1.54) is 18.3 Å². The van der Waals surface area contributed by atoms with Gasteiger partial charge in [-0.15, -0.1) is 0 Å². The van der Waals surface area contributed by atoms with Crippen molar-refractivity contribution in [3.05, 3.63) is 64.7 Å². The fraction of sp³-hybridized carbons (Fsp3) is 0.200. The topological polar surface area (TPSA) is 33.2 Å². The lowest BCUT2D eigenvalue weighted by Gasteiger charge is -2.21. The van der Waals surface area contributed by atoms with Gasteiger partial charge in [-0.2, -0.15) is 0 Å². The summed E-state index contributed by atoms with van der Waals surface area (Å²) in [6.07, 6.45) is 1.44. The maximum absolute atomic E-state index is 13.2. The van der Waals surface area contributed by atoms with Crippen LogP contribution in [-0.4, -0.2) is 22.3 Å². The minimum atomic E-state index is -0.306. The van der Waals surface area contributed by atoms with Crippen molar-refractivity contribution in [1.82, 2.24) is 9.88 Å². The molecular weight excluding hydrogens is 279 g/mol. The van der Waals surface area contributed by atoms with Crippen molar-refractivity contribution < 1.29 is 9.18 Å². The van der Waals surface area contributed by atoms with Gasteiger partial charge >= 0.3 is 0 Å². The quantitative estimate of drug-likeness (QED) is 0.808. The third kappa shape index (κ3) is 3.54. The molecule has 3 nitrogen and oxygen atoms in total. The van der Waals surface area contributed by atoms with Gasteiger partial charge in [0.25, 0.3) is 5.91 Å². The molecule has 5 heteroatoms. The summed E-state index contributed by atoms with van der Waals surface area (Å²) >= 11 is 5.70. The van der Waals surface area contributed by atoms with Crippen LogP contribution in [0.2, 0.25) is 5.15 Å². The standard InChI is InChI=1S/C15H14ClFN2O/c1-2-19(10-11-4-3-5-13(17)8-11)15(20)12-6-7-14(16)18-9-12/h3-9H,2,10H2,1H3. The van der Waals surface area contributed by atoms with E-state index in [4.69, 9.17) is 11.6 Å². The number of nitrogens with zero attached hydrogens (tertiary/aromatic N) is 2. The summed E-state index contributed by atoms with van der Waals surface area (Å²) in [5.41, 5.74) is 1.22. The van der Waals surface area contributed by atoms with Crippen LogP contribution in [0, 0.1) is 5.82 Å². The summed E-state index contributed by atoms with van der Waals surface area (Å²) in [6, 6.07) is 9.43. The Morgan fingerprint density at radius 2 is 2.15 bits per heavy atom. The summed E-state index contributed by atoms with van der Waals surface area (Å²) in [7, 11) is 0. The molecule has 0 bridgehead atoms. The predicted octanol–water partition coefficient (Wildman–Crippen LogP) is 3.54. The van der Waals surface area contributed by atoms with Gasteiger partial charge in [-0.25, -0.2) is 9.37 Å². The molecule has 104 valence electrons. The zero-order valence-corrected chi connectivity index (χ0v) is 11.8. The Morgan fingerprint density at radius 1 is 1.35 bits per heavy atom. The Kier molecular flexibility index (Phi) is 4.69. The number of hydrogen-bond donors (Lipinski definition) is 0. The first-order chi connectivity index (χ1) is 9.60. The van der Waals surface area contributed by atoms with Crippen LogP contribution >= 0.6 is 11.6 Å². The van der Waals surface area contributed by atoms with Gasteiger partial charge in [-0.1, -0.05) is 23.7 Å². The van der Waals surface area contributed by atoms with E-state index in [2.05, 4.69) is 4.98 Å². The third-order valence-corrected chi connectivity index (χ3v) is 3.13. The molecule has 2 rings (SSSR count). The van der Waals surface area contributed by atoms with Gasteiger partial charge in [-0.05, 0) is 36.8 Å². The largest absolute Gasteiger partial charge is 0.335 e. The molecule has 0 spiro atoms. The number of aromatic nitrogens is 1. The number of rotatable bonds is 4. The minimum absolute atomic E-state index is 0.152. The maximum atomic E-state index is 13.2. The molecule has 0 radical (unpaired) electrons. The summed E-state index contributed by atoms with van der Waals surface area (Å²) in [6.45, 7) is 2.76. The lowest BCUT2D eigenvalue weighted by atomic mass is 10.2. The SMILES string of the molecule is CCN(Cc1cccc(F)c1)C(=O)c1ccc(Cl)nc1. The molecule has 0 aliphatic rings. The van der Waals surface area contributed by atoms with Gasteiger partial charge in [0.2, 0.25) is 0 Å². The second kappa shape index (κ2) is 6.48. The number of benzene rings is 1. The first kappa shape index (κ1) is 14.5. The smallest absolute Gasteiger partial charge is 0.255 e. The van der Waals surface area contributed by atoms with E-state index < -0.39 is 0 Å². The highest BCUT2D eigenvalue weighted by Crippen LogP contribution is 2.12. The summed E-state index contributed by atoms with van der Waals surface area (Å²) in [4.78, 5) is 17.8. The zero-order valence-electron chi connectivity index (χ0n) is 11.0. The molecule has 0 unspecified atom stereocenters. The summed E-state index contributed by atoms with van der Waals surface area (Å²) < 4.78 is 13.2. The number of hydrogen-bond acceptors (Lipinski definition) is 2. The fourth-order valence-corrected chi connectivity index (χ4v) is 1.98. The number of halogens is 2. The average Bonchev–Trinajstić information content (AvgIpc) is 2.45. The van der Waals surface area contributed by atoms with E-state index in [1.54, 1.807) is 29.2 Å². The van der Waals surface area contributed by atoms with Crippen LogP contribution in [0.15, 0.2) is 42.6 Å². The zero-order chi connectivity index (χ0) is 14.5. The van der Waals surface area contributed by atoms with Crippen LogP contribution in [-0.2, 0) is 6.54 Å². The molecule has 0 fully saturated rings. The molecule has 0 aliphatic carbocycles. The van der Waals surface area contributed by atoms with Gasteiger partial charge in [0.1, 0.15) is 11.0 Å². The monoisotopic (exact) mass is 292 g/mol. The van der Waals surface area contributed by atoms with Crippen LogP contribution < -0.4 is 0 Å². The van der Waals surface area contributed by atoms with Crippen LogP contribution in [0.1, 0.15) is 22.8 Å². The average molecular weight is 293 g/mol. The van der Waals surface area contributed by atoms with Crippen molar-refractivity contribution in [2.45, 2.75) is 13.5 Å². The molecule has 1 amide bonds. The number of carbonyl (C=O) groups excluding carboxylic acids is 1. The molecule has 0 saturated heterocycles. The van der Waals surface area contributed by atoms with E-state index in [9.17, 15) is 9.18 Å². The second-order valence-corrected chi connectivity index (χ2v) is 4.71. The van der Waals surface area contributed by atoms with Gasteiger partial charge in [-0.3, -0.25) is 4.79 Å². The molecule has 0 N–H and O–H groups in total. The van der Waals surface area contributed by atoms with Crippen molar-refractivity contribution in [2.24, 2.45) is 0 Å². The van der Waals surface area contributed by atoms with Gasteiger partial charge < -0.3 is 4.90 Å². The summed E-state index contributed by atoms with van der Waals surface area (Å²) in [5.74, 6) is -0.458. The first-order valence-corrected chi connectivity index (χ1v) is 6.63. The molecular formula is C15H14ClFN2O. The van der Waals surface area contributed by atoms with Crippen molar-refractivity contribution in [2.75, 3.05) is 6.54 Å². The van der Waals surface area contributed by atoms with Crippen LogP contribution in [0.3, 0.4) is 0 Å². The second-order valence-electron chi connectivity index (χ2n) is 4.32. The Hall–Kier alpha value is -1.94. The lowest BCUT2D eigenvalue weighted by molar-refractivity contribution is 0.0752. The molecule has 0 aliphatic heterocycles. The highest BCUT2D eigenvalue weighted by Gasteiger charge is 2.15. The van der Waals surface area contributed by atoms with Gasteiger partial charge in [0.15, 0.2) is 0 Å². The number of pyridine rings is 1. The maximum Gasteiger partial charge on any atom is 0.255 e. The van der Waals surface area contributed by atoms with Crippen molar-refractivity contribution >= 4 is 17.5 Å². The Bertz CT molecular complexity index is 601. The lowest BCUT2D eigenvalue weighted by Crippen LogP contribution is -2.30.